The third-order valence-electron chi connectivity index (χ3n) is 2.78. The molecule has 0 aliphatic heterocycles. The van der Waals surface area contributed by atoms with Crippen LogP contribution < -0.4 is 0 Å². The number of aromatic nitrogens is 3. The van der Waals surface area contributed by atoms with E-state index >= 15 is 0 Å². The lowest BCUT2D eigenvalue weighted by Gasteiger charge is -2.15. The van der Waals surface area contributed by atoms with Crippen molar-refractivity contribution in [1.82, 2.24) is 14.8 Å². The molecule has 4 nitrogen and oxygen atoms in total. The van der Waals surface area contributed by atoms with Gasteiger partial charge in [-0.25, -0.2) is 9.67 Å². The molecule has 1 aromatic heterocycles. The summed E-state index contributed by atoms with van der Waals surface area (Å²) in [6.45, 7) is 1.85. The maximum atomic E-state index is 10.1. The maximum absolute atomic E-state index is 10.1. The quantitative estimate of drug-likeness (QED) is 0.943. The number of nitrogens with zero attached hydrogens (tertiary/aromatic N) is 3. The van der Waals surface area contributed by atoms with Crippen molar-refractivity contribution in [3.8, 4) is 0 Å². The topological polar surface area (TPSA) is 50.9 Å². The van der Waals surface area contributed by atoms with Gasteiger partial charge in [0.25, 0.3) is 0 Å². The summed E-state index contributed by atoms with van der Waals surface area (Å²) in [5, 5.41) is 15.2. The van der Waals surface area contributed by atoms with Gasteiger partial charge in [-0.3, -0.25) is 0 Å². The first-order valence-corrected chi connectivity index (χ1v) is 6.49. The van der Waals surface area contributed by atoms with Gasteiger partial charge in [-0.05, 0) is 24.6 Å². The molecule has 0 saturated heterocycles. The first-order chi connectivity index (χ1) is 9.08. The summed E-state index contributed by atoms with van der Waals surface area (Å²) in [6.07, 6.45) is 5.74. The molecule has 0 bridgehead atoms. The minimum absolute atomic E-state index is 0.204. The summed E-state index contributed by atoms with van der Waals surface area (Å²) in [5.41, 5.74) is 0.802. The molecular formula is C13H13Cl2N3O. The van der Waals surface area contributed by atoms with E-state index in [-0.39, 0.29) is 6.04 Å². The van der Waals surface area contributed by atoms with Crippen LogP contribution in [0.3, 0.4) is 0 Å². The Bertz CT molecular complexity index is 569. The lowest BCUT2D eigenvalue weighted by Crippen LogP contribution is -2.19. The second kappa shape index (κ2) is 6.19. The zero-order valence-electron chi connectivity index (χ0n) is 10.2. The Morgan fingerprint density at radius 2 is 2.16 bits per heavy atom. The zero-order valence-corrected chi connectivity index (χ0v) is 11.8. The minimum Gasteiger partial charge on any atom is -0.387 e. The van der Waals surface area contributed by atoms with Crippen LogP contribution in [-0.2, 0) is 0 Å². The predicted octanol–water partition coefficient (Wildman–Crippen LogP) is 3.22. The normalized spacial score (nSPS) is 14.7. The maximum Gasteiger partial charge on any atom is 0.137 e. The molecule has 6 heteroatoms. The fourth-order valence-electron chi connectivity index (χ4n) is 1.58. The van der Waals surface area contributed by atoms with Gasteiger partial charge in [0.15, 0.2) is 0 Å². The van der Waals surface area contributed by atoms with Crippen molar-refractivity contribution in [2.24, 2.45) is 0 Å². The van der Waals surface area contributed by atoms with Crippen molar-refractivity contribution in [2.45, 2.75) is 19.1 Å². The molecule has 0 aliphatic carbocycles. The molecule has 2 aromatic rings. The van der Waals surface area contributed by atoms with Gasteiger partial charge in [-0.1, -0.05) is 41.4 Å². The summed E-state index contributed by atoms with van der Waals surface area (Å²) in [4.78, 5) is 3.85. The van der Waals surface area contributed by atoms with E-state index < -0.39 is 6.10 Å². The molecule has 0 aliphatic rings. The van der Waals surface area contributed by atoms with Gasteiger partial charge < -0.3 is 5.11 Å². The summed E-state index contributed by atoms with van der Waals surface area (Å²) < 4.78 is 1.60. The van der Waals surface area contributed by atoms with Gasteiger partial charge in [0, 0.05) is 10.0 Å². The number of hydrogen-bond donors (Lipinski definition) is 1. The van der Waals surface area contributed by atoms with E-state index in [0.29, 0.717) is 10.0 Å². The SMILES string of the molecule is CC(C(O)/C=C/c1ccc(Cl)cc1Cl)n1cncn1. The van der Waals surface area contributed by atoms with Crippen molar-refractivity contribution in [2.75, 3.05) is 0 Å². The van der Waals surface area contributed by atoms with Crippen molar-refractivity contribution in [3.05, 3.63) is 52.5 Å². The molecule has 2 atom stereocenters. The van der Waals surface area contributed by atoms with Gasteiger partial charge in [0.1, 0.15) is 12.7 Å². The van der Waals surface area contributed by atoms with Crippen LogP contribution in [-0.4, -0.2) is 26.0 Å². The lowest BCUT2D eigenvalue weighted by molar-refractivity contribution is 0.159. The van der Waals surface area contributed by atoms with E-state index in [1.165, 1.54) is 6.33 Å². The average molecular weight is 298 g/mol. The van der Waals surface area contributed by atoms with Crippen LogP contribution in [0, 0.1) is 0 Å². The highest BCUT2D eigenvalue weighted by molar-refractivity contribution is 6.35. The Hall–Kier alpha value is -1.36. The van der Waals surface area contributed by atoms with Crippen molar-refractivity contribution in [3.63, 3.8) is 0 Å². The van der Waals surface area contributed by atoms with Crippen LogP contribution in [0.4, 0.5) is 0 Å². The number of rotatable bonds is 4. The molecule has 1 aromatic carbocycles. The highest BCUT2D eigenvalue weighted by Gasteiger charge is 2.13. The Balaban J connectivity index is 2.09. The molecule has 0 saturated carbocycles. The smallest absolute Gasteiger partial charge is 0.137 e. The number of aliphatic hydroxyl groups excluding tert-OH is 1. The summed E-state index contributed by atoms with van der Waals surface area (Å²) >= 11 is 11.9. The van der Waals surface area contributed by atoms with Gasteiger partial charge in [0.2, 0.25) is 0 Å². The zero-order chi connectivity index (χ0) is 13.8. The third kappa shape index (κ3) is 3.56. The van der Waals surface area contributed by atoms with E-state index in [9.17, 15) is 5.11 Å². The third-order valence-corrected chi connectivity index (χ3v) is 3.35. The summed E-state index contributed by atoms with van der Waals surface area (Å²) in [5.74, 6) is 0. The fourth-order valence-corrected chi connectivity index (χ4v) is 2.06. The Morgan fingerprint density at radius 1 is 1.37 bits per heavy atom. The van der Waals surface area contributed by atoms with Crippen LogP contribution in [0.15, 0.2) is 36.9 Å². The van der Waals surface area contributed by atoms with Crippen LogP contribution in [0.2, 0.25) is 10.0 Å². The first-order valence-electron chi connectivity index (χ1n) is 5.73. The number of benzene rings is 1. The molecule has 1 heterocycles. The second-order valence-electron chi connectivity index (χ2n) is 4.13. The fraction of sp³-hybridized carbons (Fsp3) is 0.231. The predicted molar refractivity (Wildman–Crippen MR) is 76.2 cm³/mol. The highest BCUT2D eigenvalue weighted by atomic mass is 35.5. The standard InChI is InChI=1S/C13H13Cl2N3O/c1-9(18-8-16-7-17-18)13(19)5-3-10-2-4-11(14)6-12(10)15/h2-9,13,19H,1H3/b5-3+. The van der Waals surface area contributed by atoms with Gasteiger partial charge in [-0.2, -0.15) is 5.10 Å². The van der Waals surface area contributed by atoms with E-state index in [4.69, 9.17) is 23.2 Å². The molecule has 0 amide bonds. The molecule has 0 radical (unpaired) electrons. The van der Waals surface area contributed by atoms with E-state index in [1.54, 1.807) is 41.4 Å². The summed E-state index contributed by atoms with van der Waals surface area (Å²) in [7, 11) is 0. The van der Waals surface area contributed by atoms with Crippen molar-refractivity contribution >= 4 is 29.3 Å². The summed E-state index contributed by atoms with van der Waals surface area (Å²) in [6, 6.07) is 5.01. The Labute approximate surface area is 121 Å². The second-order valence-corrected chi connectivity index (χ2v) is 4.98. The van der Waals surface area contributed by atoms with Crippen molar-refractivity contribution in [1.29, 1.82) is 0 Å². The lowest BCUT2D eigenvalue weighted by atomic mass is 10.1. The van der Waals surface area contributed by atoms with Gasteiger partial charge in [0.05, 0.1) is 12.1 Å². The van der Waals surface area contributed by atoms with Crippen LogP contribution in [0.5, 0.6) is 0 Å². The molecule has 2 rings (SSSR count). The molecule has 0 fully saturated rings. The van der Waals surface area contributed by atoms with E-state index in [1.807, 2.05) is 6.92 Å². The van der Waals surface area contributed by atoms with E-state index in [2.05, 4.69) is 10.1 Å². The number of aliphatic hydroxyl groups is 1. The Kier molecular flexibility index (Phi) is 4.58. The molecule has 2 unspecified atom stereocenters. The highest BCUT2D eigenvalue weighted by Crippen LogP contribution is 2.22. The van der Waals surface area contributed by atoms with Crippen LogP contribution in [0.25, 0.3) is 6.08 Å². The van der Waals surface area contributed by atoms with Crippen LogP contribution >= 0.6 is 23.2 Å². The molecule has 100 valence electrons. The average Bonchev–Trinajstić information content (AvgIpc) is 2.90. The monoisotopic (exact) mass is 297 g/mol. The molecule has 19 heavy (non-hydrogen) atoms. The number of halogens is 2. The minimum atomic E-state index is -0.687. The number of hydrogen-bond acceptors (Lipinski definition) is 3. The molecule has 0 spiro atoms. The van der Waals surface area contributed by atoms with Crippen molar-refractivity contribution < 1.29 is 5.11 Å². The van der Waals surface area contributed by atoms with Gasteiger partial charge >= 0.3 is 0 Å². The van der Waals surface area contributed by atoms with Crippen LogP contribution in [0.1, 0.15) is 18.5 Å². The molecule has 1 N–H and O–H groups in total. The first kappa shape index (κ1) is 14.1. The largest absolute Gasteiger partial charge is 0.387 e. The van der Waals surface area contributed by atoms with Gasteiger partial charge in [-0.15, -0.1) is 0 Å². The van der Waals surface area contributed by atoms with E-state index in [0.717, 1.165) is 5.56 Å². The Morgan fingerprint density at radius 3 is 2.79 bits per heavy atom. The molecular weight excluding hydrogens is 285 g/mol.